The van der Waals surface area contributed by atoms with Crippen LogP contribution >= 0.6 is 0 Å². The van der Waals surface area contributed by atoms with Gasteiger partial charge in [-0.1, -0.05) is 0 Å². The van der Waals surface area contributed by atoms with E-state index in [9.17, 15) is 12.8 Å². The molecule has 0 radical (unpaired) electrons. The van der Waals surface area contributed by atoms with Crippen LogP contribution in [0.25, 0.3) is 11.0 Å². The van der Waals surface area contributed by atoms with E-state index in [1.54, 1.807) is 12.1 Å². The molecule has 0 spiro atoms. The Kier molecular flexibility index (Phi) is 4.69. The predicted octanol–water partition coefficient (Wildman–Crippen LogP) is 1.82. The van der Waals surface area contributed by atoms with Gasteiger partial charge in [0.1, 0.15) is 24.1 Å². The highest BCUT2D eigenvalue weighted by atomic mass is 32.2. The van der Waals surface area contributed by atoms with Crippen molar-refractivity contribution in [3.63, 3.8) is 0 Å². The summed E-state index contributed by atoms with van der Waals surface area (Å²) in [4.78, 5) is 12.5. The van der Waals surface area contributed by atoms with Crippen LogP contribution in [0.15, 0.2) is 41.6 Å². The summed E-state index contributed by atoms with van der Waals surface area (Å²) in [5, 5.41) is 0.619. The minimum Gasteiger partial charge on any atom is -0.383 e. The lowest BCUT2D eigenvalue weighted by Crippen LogP contribution is -2.42. The Hall–Kier alpha value is -2.69. The third kappa shape index (κ3) is 3.30. The highest BCUT2D eigenvalue weighted by Gasteiger charge is 2.32. The maximum Gasteiger partial charge on any atom is 0.243 e. The number of nitrogen functional groups attached to an aromatic ring is 1. The van der Waals surface area contributed by atoms with E-state index >= 15 is 0 Å². The second-order valence-corrected chi connectivity index (χ2v) is 8.44. The van der Waals surface area contributed by atoms with Crippen LogP contribution in [0.2, 0.25) is 0 Å². The molecule has 2 N–H and O–H groups in total. The summed E-state index contributed by atoms with van der Waals surface area (Å²) in [7, 11) is -3.78. The lowest BCUT2D eigenvalue weighted by molar-refractivity contribution is -0.00478. The number of ether oxygens (including phenoxy) is 1. The standard InChI is InChI=1S/C18H18FN5O3S/c1-11-8-12(2-4-14(11)19)28(25,26)24-6-7-27-16(9-24)15-5-3-13-17(20)21-10-22-18(13)23-15/h2-5,8,10,16H,6-7,9H2,1H3,(H2,20,21,22,23)/t16-/m1/s1. The van der Waals surface area contributed by atoms with Gasteiger partial charge in [-0.15, -0.1) is 0 Å². The average molecular weight is 403 g/mol. The second kappa shape index (κ2) is 7.04. The molecule has 0 unspecified atom stereocenters. The van der Waals surface area contributed by atoms with Crippen LogP contribution in [0.3, 0.4) is 0 Å². The van der Waals surface area contributed by atoms with Gasteiger partial charge < -0.3 is 10.5 Å². The molecular formula is C18H18FN5O3S. The summed E-state index contributed by atoms with van der Waals surface area (Å²) < 4.78 is 46.5. The lowest BCUT2D eigenvalue weighted by Gasteiger charge is -2.32. The van der Waals surface area contributed by atoms with E-state index < -0.39 is 21.9 Å². The number of anilines is 1. The first-order valence-corrected chi connectivity index (χ1v) is 10.1. The molecule has 1 aliphatic rings. The Morgan fingerprint density at radius 1 is 1.25 bits per heavy atom. The number of rotatable bonds is 3. The van der Waals surface area contributed by atoms with E-state index in [-0.39, 0.29) is 30.2 Å². The average Bonchev–Trinajstić information content (AvgIpc) is 2.70. The van der Waals surface area contributed by atoms with E-state index in [0.717, 1.165) is 6.07 Å². The van der Waals surface area contributed by atoms with Gasteiger partial charge in [0.25, 0.3) is 0 Å². The summed E-state index contributed by atoms with van der Waals surface area (Å²) in [6.45, 7) is 2.05. The van der Waals surface area contributed by atoms with Crippen LogP contribution in [0.5, 0.6) is 0 Å². The van der Waals surface area contributed by atoms with Gasteiger partial charge in [0, 0.05) is 13.1 Å². The van der Waals surface area contributed by atoms with Crippen LogP contribution in [0.1, 0.15) is 17.4 Å². The van der Waals surface area contributed by atoms with Crippen molar-refractivity contribution in [2.45, 2.75) is 17.9 Å². The lowest BCUT2D eigenvalue weighted by atomic mass is 10.2. The first kappa shape index (κ1) is 18.7. The molecule has 146 valence electrons. The fourth-order valence-corrected chi connectivity index (χ4v) is 4.62. The zero-order chi connectivity index (χ0) is 19.9. The van der Waals surface area contributed by atoms with E-state index in [1.807, 2.05) is 0 Å². The maximum atomic E-state index is 13.5. The number of benzene rings is 1. The van der Waals surface area contributed by atoms with Crippen LogP contribution < -0.4 is 5.73 Å². The van der Waals surface area contributed by atoms with E-state index in [0.29, 0.717) is 22.5 Å². The Labute approximate surface area is 161 Å². The largest absolute Gasteiger partial charge is 0.383 e. The molecule has 1 aromatic carbocycles. The number of hydrogen-bond acceptors (Lipinski definition) is 7. The number of fused-ring (bicyclic) bond motifs is 1. The SMILES string of the molecule is Cc1cc(S(=O)(=O)N2CCO[C@@H](c3ccc4c(N)ncnc4n3)C2)ccc1F. The summed E-state index contributed by atoms with van der Waals surface area (Å²) in [5.74, 6) is -0.120. The van der Waals surface area contributed by atoms with Gasteiger partial charge >= 0.3 is 0 Å². The van der Waals surface area contributed by atoms with Crippen LogP contribution in [0.4, 0.5) is 10.2 Å². The van der Waals surface area contributed by atoms with Crippen LogP contribution in [-0.4, -0.2) is 47.4 Å². The Balaban J connectivity index is 1.63. The molecule has 8 nitrogen and oxygen atoms in total. The van der Waals surface area contributed by atoms with Gasteiger partial charge in [-0.25, -0.2) is 27.8 Å². The van der Waals surface area contributed by atoms with Gasteiger partial charge in [0.15, 0.2) is 5.65 Å². The quantitative estimate of drug-likeness (QED) is 0.710. The molecule has 1 saturated heterocycles. The molecular weight excluding hydrogens is 385 g/mol. The summed E-state index contributed by atoms with van der Waals surface area (Å²) in [6, 6.07) is 7.24. The Morgan fingerprint density at radius 3 is 2.86 bits per heavy atom. The predicted molar refractivity (Wildman–Crippen MR) is 100 cm³/mol. The number of nitrogens with zero attached hydrogens (tertiary/aromatic N) is 4. The zero-order valence-corrected chi connectivity index (χ0v) is 15.9. The number of aromatic nitrogens is 3. The van der Waals surface area contributed by atoms with Crippen molar-refractivity contribution in [2.75, 3.05) is 25.4 Å². The Morgan fingerprint density at radius 2 is 2.07 bits per heavy atom. The molecule has 1 fully saturated rings. The number of hydrogen-bond donors (Lipinski definition) is 1. The second-order valence-electron chi connectivity index (χ2n) is 6.50. The fraction of sp³-hybridized carbons (Fsp3) is 0.278. The molecule has 28 heavy (non-hydrogen) atoms. The van der Waals surface area contributed by atoms with Crippen LogP contribution in [0, 0.1) is 12.7 Å². The summed E-state index contributed by atoms with van der Waals surface area (Å²) >= 11 is 0. The molecule has 2 aromatic heterocycles. The molecule has 3 aromatic rings. The fourth-order valence-electron chi connectivity index (χ4n) is 3.11. The van der Waals surface area contributed by atoms with Gasteiger partial charge in [0.05, 0.1) is 22.6 Å². The van der Waals surface area contributed by atoms with Crippen molar-refractivity contribution in [3.8, 4) is 0 Å². The van der Waals surface area contributed by atoms with Crippen molar-refractivity contribution in [3.05, 3.63) is 53.7 Å². The molecule has 3 heterocycles. The number of sulfonamides is 1. The normalized spacial score (nSPS) is 18.4. The summed E-state index contributed by atoms with van der Waals surface area (Å²) in [5.41, 5.74) is 7.07. The number of halogens is 1. The highest BCUT2D eigenvalue weighted by molar-refractivity contribution is 7.89. The smallest absolute Gasteiger partial charge is 0.243 e. The maximum absolute atomic E-state index is 13.5. The molecule has 1 atom stereocenters. The van der Waals surface area contributed by atoms with E-state index in [4.69, 9.17) is 10.5 Å². The zero-order valence-electron chi connectivity index (χ0n) is 15.0. The number of morpholine rings is 1. The first-order valence-electron chi connectivity index (χ1n) is 8.61. The third-order valence-corrected chi connectivity index (χ3v) is 6.54. The molecule has 0 bridgehead atoms. The van der Waals surface area contributed by atoms with Gasteiger partial charge in [-0.05, 0) is 42.8 Å². The third-order valence-electron chi connectivity index (χ3n) is 4.68. The Bertz CT molecular complexity index is 1160. The van der Waals surface area contributed by atoms with Gasteiger partial charge in [-0.3, -0.25) is 0 Å². The molecule has 1 aliphatic heterocycles. The molecule has 0 amide bonds. The van der Waals surface area contributed by atoms with Crippen molar-refractivity contribution in [2.24, 2.45) is 0 Å². The molecule has 0 aliphatic carbocycles. The number of nitrogens with two attached hydrogens (primary N) is 1. The summed E-state index contributed by atoms with van der Waals surface area (Å²) in [6.07, 6.45) is 0.773. The van der Waals surface area contributed by atoms with Crippen molar-refractivity contribution in [1.29, 1.82) is 0 Å². The highest BCUT2D eigenvalue weighted by Crippen LogP contribution is 2.27. The molecule has 10 heteroatoms. The molecule has 4 rings (SSSR count). The van der Waals surface area contributed by atoms with Gasteiger partial charge in [-0.2, -0.15) is 4.31 Å². The number of aryl methyl sites for hydroxylation is 1. The van der Waals surface area contributed by atoms with Crippen molar-refractivity contribution < 1.29 is 17.5 Å². The van der Waals surface area contributed by atoms with E-state index in [1.165, 1.54) is 29.7 Å². The van der Waals surface area contributed by atoms with Crippen molar-refractivity contribution >= 4 is 26.9 Å². The van der Waals surface area contributed by atoms with Gasteiger partial charge in [0.2, 0.25) is 10.0 Å². The van der Waals surface area contributed by atoms with E-state index in [2.05, 4.69) is 15.0 Å². The topological polar surface area (TPSA) is 111 Å². The minimum atomic E-state index is -3.78. The first-order chi connectivity index (χ1) is 13.4. The monoisotopic (exact) mass is 403 g/mol. The van der Waals surface area contributed by atoms with Crippen molar-refractivity contribution in [1.82, 2.24) is 19.3 Å². The van der Waals surface area contributed by atoms with Crippen LogP contribution in [-0.2, 0) is 14.8 Å². The minimum absolute atomic E-state index is 0.0547. The number of pyridine rings is 1. The molecule has 0 saturated carbocycles.